The molecule has 2 aromatic rings. The molecule has 1 heterocycles. The van der Waals surface area contributed by atoms with Crippen LogP contribution in [0.3, 0.4) is 0 Å². The molecule has 0 amide bonds. The van der Waals surface area contributed by atoms with Crippen LogP contribution in [0.1, 0.15) is 25.1 Å². The summed E-state index contributed by atoms with van der Waals surface area (Å²) in [5.41, 5.74) is 2.28. The lowest BCUT2D eigenvalue weighted by Crippen LogP contribution is -2.36. The highest BCUT2D eigenvalue weighted by atomic mass is 127. The van der Waals surface area contributed by atoms with Gasteiger partial charge in [0.05, 0.1) is 18.8 Å². The van der Waals surface area contributed by atoms with E-state index in [0.29, 0.717) is 19.0 Å². The van der Waals surface area contributed by atoms with E-state index in [2.05, 4.69) is 46.7 Å². The second-order valence-corrected chi connectivity index (χ2v) is 6.07. The zero-order chi connectivity index (χ0) is 17.4. The van der Waals surface area contributed by atoms with Gasteiger partial charge in [-0.3, -0.25) is 9.67 Å². The predicted molar refractivity (Wildman–Crippen MR) is 112 cm³/mol. The van der Waals surface area contributed by atoms with Crippen LogP contribution in [0.4, 0.5) is 0 Å². The zero-order valence-electron chi connectivity index (χ0n) is 15.3. The maximum Gasteiger partial charge on any atom is 0.191 e. The Labute approximate surface area is 167 Å². The predicted octanol–water partition coefficient (Wildman–Crippen LogP) is 2.94. The van der Waals surface area contributed by atoms with Gasteiger partial charge < -0.3 is 15.4 Å². The lowest BCUT2D eigenvalue weighted by molar-refractivity contribution is 0.271. The lowest BCUT2D eigenvalue weighted by Gasteiger charge is -2.13. The van der Waals surface area contributed by atoms with Gasteiger partial charge in [-0.25, -0.2) is 0 Å². The van der Waals surface area contributed by atoms with Gasteiger partial charge in [0.15, 0.2) is 5.96 Å². The Kier molecular flexibility index (Phi) is 9.33. The molecule has 0 saturated heterocycles. The average molecular weight is 457 g/mol. The first-order valence-corrected chi connectivity index (χ1v) is 8.21. The van der Waals surface area contributed by atoms with Gasteiger partial charge in [0, 0.05) is 26.8 Å². The monoisotopic (exact) mass is 457 g/mol. The summed E-state index contributed by atoms with van der Waals surface area (Å²) in [7, 11) is 3.69. The van der Waals surface area contributed by atoms with Crippen molar-refractivity contribution in [2.45, 2.75) is 26.9 Å². The van der Waals surface area contributed by atoms with Crippen LogP contribution in [-0.4, -0.2) is 29.4 Å². The molecule has 0 unspecified atom stereocenters. The van der Waals surface area contributed by atoms with Crippen molar-refractivity contribution >= 4 is 29.9 Å². The number of hydrogen-bond acceptors (Lipinski definition) is 3. The number of hydrogen-bond donors (Lipinski definition) is 2. The Balaban J connectivity index is 0.00000312. The number of benzene rings is 1. The van der Waals surface area contributed by atoms with E-state index in [1.807, 2.05) is 29.9 Å². The highest BCUT2D eigenvalue weighted by molar-refractivity contribution is 14.0. The zero-order valence-corrected chi connectivity index (χ0v) is 17.7. The molecule has 0 spiro atoms. The van der Waals surface area contributed by atoms with E-state index in [1.54, 1.807) is 13.2 Å². The van der Waals surface area contributed by atoms with E-state index < -0.39 is 0 Å². The molecule has 6 nitrogen and oxygen atoms in total. The van der Waals surface area contributed by atoms with Crippen LogP contribution < -0.4 is 15.4 Å². The first kappa shape index (κ1) is 21.3. The summed E-state index contributed by atoms with van der Waals surface area (Å²) >= 11 is 0. The van der Waals surface area contributed by atoms with Crippen LogP contribution in [-0.2, 0) is 20.1 Å². The van der Waals surface area contributed by atoms with Gasteiger partial charge in [0.25, 0.3) is 0 Å². The lowest BCUT2D eigenvalue weighted by atomic mass is 10.2. The molecule has 0 aliphatic heterocycles. The van der Waals surface area contributed by atoms with Gasteiger partial charge in [0.1, 0.15) is 5.75 Å². The van der Waals surface area contributed by atoms with Crippen LogP contribution in [0.5, 0.6) is 5.75 Å². The third-order valence-corrected chi connectivity index (χ3v) is 3.55. The topological polar surface area (TPSA) is 63.5 Å². The van der Waals surface area contributed by atoms with Crippen molar-refractivity contribution < 1.29 is 4.74 Å². The van der Waals surface area contributed by atoms with Gasteiger partial charge in [-0.1, -0.05) is 26.0 Å². The van der Waals surface area contributed by atoms with Gasteiger partial charge >= 0.3 is 0 Å². The summed E-state index contributed by atoms with van der Waals surface area (Å²) in [5.74, 6) is 2.20. The molecule has 0 saturated carbocycles. The standard InChI is InChI=1S/C18H27N5O.HI/c1-14(2)13-24-17-7-5-15(6-8-17)11-20-18(19-3)21-12-16-9-10-22-23(16)4;/h5-10,14H,11-13H2,1-4H3,(H2,19,20,21);1H. The van der Waals surface area contributed by atoms with E-state index in [0.717, 1.165) is 24.0 Å². The molecule has 1 aromatic heterocycles. The van der Waals surface area contributed by atoms with Gasteiger partial charge in [-0.2, -0.15) is 5.10 Å². The van der Waals surface area contributed by atoms with Crippen LogP contribution in [0, 0.1) is 5.92 Å². The van der Waals surface area contributed by atoms with Gasteiger partial charge in [0.2, 0.25) is 0 Å². The van der Waals surface area contributed by atoms with E-state index in [4.69, 9.17) is 4.74 Å². The Morgan fingerprint density at radius 1 is 1.16 bits per heavy atom. The fourth-order valence-electron chi connectivity index (χ4n) is 2.12. The molecule has 0 bridgehead atoms. The number of halogens is 1. The Hall–Kier alpha value is -1.77. The van der Waals surface area contributed by atoms with E-state index in [9.17, 15) is 0 Å². The fraction of sp³-hybridized carbons (Fsp3) is 0.444. The van der Waals surface area contributed by atoms with Gasteiger partial charge in [-0.05, 0) is 29.7 Å². The number of aliphatic imine (C=N–C) groups is 1. The normalized spacial score (nSPS) is 11.2. The summed E-state index contributed by atoms with van der Waals surface area (Å²) in [5, 5.41) is 10.7. The fourth-order valence-corrected chi connectivity index (χ4v) is 2.12. The highest BCUT2D eigenvalue weighted by Crippen LogP contribution is 2.13. The Morgan fingerprint density at radius 3 is 2.40 bits per heavy atom. The van der Waals surface area contributed by atoms with Crippen molar-refractivity contribution in [2.24, 2.45) is 18.0 Å². The van der Waals surface area contributed by atoms with Crippen molar-refractivity contribution in [2.75, 3.05) is 13.7 Å². The molecule has 2 rings (SSSR count). The molecule has 0 atom stereocenters. The quantitative estimate of drug-likeness (QED) is 0.382. The van der Waals surface area contributed by atoms with Crippen molar-refractivity contribution in [3.05, 3.63) is 47.8 Å². The SMILES string of the molecule is CN=C(NCc1ccc(OCC(C)C)cc1)NCc1ccnn1C.I. The Morgan fingerprint density at radius 2 is 1.84 bits per heavy atom. The molecule has 0 aliphatic carbocycles. The first-order valence-electron chi connectivity index (χ1n) is 8.21. The van der Waals surface area contributed by atoms with E-state index >= 15 is 0 Å². The van der Waals surface area contributed by atoms with Crippen LogP contribution in [0.2, 0.25) is 0 Å². The summed E-state index contributed by atoms with van der Waals surface area (Å²) in [4.78, 5) is 4.24. The number of nitrogens with one attached hydrogen (secondary N) is 2. The molecular formula is C18H28IN5O. The number of ether oxygens (including phenoxy) is 1. The molecule has 0 radical (unpaired) electrons. The molecule has 0 aliphatic rings. The molecule has 1 aromatic carbocycles. The van der Waals surface area contributed by atoms with Crippen molar-refractivity contribution in [1.29, 1.82) is 0 Å². The summed E-state index contributed by atoms with van der Waals surface area (Å²) in [6.45, 7) is 6.40. The average Bonchev–Trinajstić information content (AvgIpc) is 2.99. The number of aryl methyl sites for hydroxylation is 1. The van der Waals surface area contributed by atoms with Crippen LogP contribution in [0.15, 0.2) is 41.5 Å². The van der Waals surface area contributed by atoms with Crippen molar-refractivity contribution in [3.8, 4) is 5.75 Å². The minimum absolute atomic E-state index is 0. The van der Waals surface area contributed by atoms with E-state index in [-0.39, 0.29) is 24.0 Å². The molecular weight excluding hydrogens is 429 g/mol. The number of aromatic nitrogens is 2. The van der Waals surface area contributed by atoms with Gasteiger partial charge in [-0.15, -0.1) is 24.0 Å². The Bertz CT molecular complexity index is 652. The van der Waals surface area contributed by atoms with E-state index in [1.165, 1.54) is 5.56 Å². The second-order valence-electron chi connectivity index (χ2n) is 6.07. The maximum atomic E-state index is 5.70. The molecule has 2 N–H and O–H groups in total. The summed E-state index contributed by atoms with van der Waals surface area (Å²) in [6, 6.07) is 10.1. The van der Waals surface area contributed by atoms with Crippen molar-refractivity contribution in [1.82, 2.24) is 20.4 Å². The maximum absolute atomic E-state index is 5.70. The van der Waals surface area contributed by atoms with Crippen molar-refractivity contribution in [3.63, 3.8) is 0 Å². The first-order chi connectivity index (χ1) is 11.6. The second kappa shape index (κ2) is 11.0. The molecule has 0 fully saturated rings. The third-order valence-electron chi connectivity index (χ3n) is 3.55. The molecule has 7 heteroatoms. The number of nitrogens with zero attached hydrogens (tertiary/aromatic N) is 3. The molecule has 138 valence electrons. The third kappa shape index (κ3) is 7.33. The summed E-state index contributed by atoms with van der Waals surface area (Å²) < 4.78 is 7.54. The largest absolute Gasteiger partial charge is 0.493 e. The smallest absolute Gasteiger partial charge is 0.191 e. The molecule has 25 heavy (non-hydrogen) atoms. The van der Waals surface area contributed by atoms with Crippen LogP contribution in [0.25, 0.3) is 0 Å². The summed E-state index contributed by atoms with van der Waals surface area (Å²) in [6.07, 6.45) is 1.79. The number of guanidine groups is 1. The minimum atomic E-state index is 0. The minimum Gasteiger partial charge on any atom is -0.493 e. The number of rotatable bonds is 7. The van der Waals surface area contributed by atoms with Crippen LogP contribution >= 0.6 is 24.0 Å². The highest BCUT2D eigenvalue weighted by Gasteiger charge is 2.02.